The molecular weight excluding hydrogens is 200 g/mol. The van der Waals surface area contributed by atoms with Crippen molar-refractivity contribution in [1.82, 2.24) is 14.8 Å². The second-order valence-electron chi connectivity index (χ2n) is 4.65. The summed E-state index contributed by atoms with van der Waals surface area (Å²) in [6, 6.07) is 4.63. The van der Waals surface area contributed by atoms with Gasteiger partial charge in [0.1, 0.15) is 5.82 Å². The fraction of sp³-hybridized carbons (Fsp3) is 0.583. The summed E-state index contributed by atoms with van der Waals surface area (Å²) in [7, 11) is 2.19. The maximum atomic E-state index is 5.68. The SMILES string of the molecule is CC1CN(Cc2ccnc(N)c2)CCN1C. The first-order valence-electron chi connectivity index (χ1n) is 5.78. The van der Waals surface area contributed by atoms with Gasteiger partial charge in [-0.2, -0.15) is 0 Å². The molecule has 1 fully saturated rings. The van der Waals surface area contributed by atoms with E-state index in [-0.39, 0.29) is 0 Å². The van der Waals surface area contributed by atoms with Crippen molar-refractivity contribution in [2.24, 2.45) is 0 Å². The Morgan fingerprint density at radius 1 is 1.50 bits per heavy atom. The molecule has 16 heavy (non-hydrogen) atoms. The second-order valence-corrected chi connectivity index (χ2v) is 4.65. The Hall–Kier alpha value is -1.13. The van der Waals surface area contributed by atoms with Crippen LogP contribution < -0.4 is 5.73 Å². The Labute approximate surface area is 97.1 Å². The van der Waals surface area contributed by atoms with Gasteiger partial charge in [0.2, 0.25) is 0 Å². The molecule has 0 bridgehead atoms. The van der Waals surface area contributed by atoms with Crippen LogP contribution in [0.25, 0.3) is 0 Å². The zero-order valence-corrected chi connectivity index (χ0v) is 10.1. The summed E-state index contributed by atoms with van der Waals surface area (Å²) >= 11 is 0. The van der Waals surface area contributed by atoms with E-state index in [1.807, 2.05) is 12.1 Å². The van der Waals surface area contributed by atoms with E-state index < -0.39 is 0 Å². The summed E-state index contributed by atoms with van der Waals surface area (Å²) < 4.78 is 0. The number of nitrogen functional groups attached to an aromatic ring is 1. The molecule has 0 spiro atoms. The predicted octanol–water partition coefficient (Wildman–Crippen LogP) is 0.800. The van der Waals surface area contributed by atoms with Gasteiger partial charge in [0.05, 0.1) is 0 Å². The van der Waals surface area contributed by atoms with Gasteiger partial charge in [-0.25, -0.2) is 4.98 Å². The van der Waals surface area contributed by atoms with Gasteiger partial charge in [-0.1, -0.05) is 0 Å². The van der Waals surface area contributed by atoms with Crippen molar-refractivity contribution < 1.29 is 0 Å². The number of anilines is 1. The van der Waals surface area contributed by atoms with Gasteiger partial charge in [0.15, 0.2) is 0 Å². The van der Waals surface area contributed by atoms with Crippen molar-refractivity contribution >= 4 is 5.82 Å². The molecular formula is C12H20N4. The van der Waals surface area contributed by atoms with Gasteiger partial charge < -0.3 is 10.6 Å². The van der Waals surface area contributed by atoms with E-state index in [1.165, 1.54) is 5.56 Å². The molecule has 1 aromatic heterocycles. The van der Waals surface area contributed by atoms with E-state index in [1.54, 1.807) is 6.20 Å². The number of rotatable bonds is 2. The van der Waals surface area contributed by atoms with Crippen LogP contribution in [0, 0.1) is 0 Å². The summed E-state index contributed by atoms with van der Waals surface area (Å²) in [6.07, 6.45) is 1.78. The monoisotopic (exact) mass is 220 g/mol. The van der Waals surface area contributed by atoms with Crippen molar-refractivity contribution in [3.8, 4) is 0 Å². The van der Waals surface area contributed by atoms with E-state index in [9.17, 15) is 0 Å². The van der Waals surface area contributed by atoms with E-state index in [0.29, 0.717) is 11.9 Å². The Kier molecular flexibility index (Phi) is 3.41. The smallest absolute Gasteiger partial charge is 0.123 e. The first-order chi connectivity index (χ1) is 7.65. The van der Waals surface area contributed by atoms with Crippen LogP contribution in [-0.4, -0.2) is 47.5 Å². The number of pyridine rings is 1. The van der Waals surface area contributed by atoms with Crippen molar-refractivity contribution in [3.05, 3.63) is 23.9 Å². The van der Waals surface area contributed by atoms with E-state index in [4.69, 9.17) is 5.73 Å². The van der Waals surface area contributed by atoms with Crippen LogP contribution in [0.4, 0.5) is 5.82 Å². The van der Waals surface area contributed by atoms with Crippen LogP contribution >= 0.6 is 0 Å². The summed E-state index contributed by atoms with van der Waals surface area (Å²) in [5, 5.41) is 0. The number of piperazine rings is 1. The van der Waals surface area contributed by atoms with E-state index in [0.717, 1.165) is 26.2 Å². The highest BCUT2D eigenvalue weighted by Gasteiger charge is 2.20. The standard InChI is InChI=1S/C12H20N4/c1-10-8-16(6-5-15(10)2)9-11-3-4-14-12(13)7-11/h3-4,7,10H,5-6,8-9H2,1-2H3,(H2,13,14). The minimum absolute atomic E-state index is 0.611. The van der Waals surface area contributed by atoms with Crippen LogP contribution in [0.5, 0.6) is 0 Å². The molecule has 2 heterocycles. The molecule has 88 valence electrons. The van der Waals surface area contributed by atoms with Crippen LogP contribution in [0.2, 0.25) is 0 Å². The Morgan fingerprint density at radius 3 is 3.00 bits per heavy atom. The van der Waals surface area contributed by atoms with Crippen molar-refractivity contribution in [1.29, 1.82) is 0 Å². The quantitative estimate of drug-likeness (QED) is 0.801. The Balaban J connectivity index is 1.95. The molecule has 4 heteroatoms. The minimum Gasteiger partial charge on any atom is -0.384 e. The molecule has 1 aliphatic heterocycles. The van der Waals surface area contributed by atoms with Crippen molar-refractivity contribution in [3.63, 3.8) is 0 Å². The maximum absolute atomic E-state index is 5.68. The average molecular weight is 220 g/mol. The molecule has 2 N–H and O–H groups in total. The number of nitrogens with zero attached hydrogens (tertiary/aromatic N) is 3. The lowest BCUT2D eigenvalue weighted by Gasteiger charge is -2.37. The van der Waals surface area contributed by atoms with Crippen LogP contribution in [0.3, 0.4) is 0 Å². The fourth-order valence-electron chi connectivity index (χ4n) is 2.12. The van der Waals surface area contributed by atoms with Gasteiger partial charge in [-0.3, -0.25) is 4.90 Å². The topological polar surface area (TPSA) is 45.4 Å². The number of hydrogen-bond acceptors (Lipinski definition) is 4. The third-order valence-electron chi connectivity index (χ3n) is 3.30. The van der Waals surface area contributed by atoms with Gasteiger partial charge in [-0.15, -0.1) is 0 Å². The van der Waals surface area contributed by atoms with Crippen LogP contribution in [-0.2, 0) is 6.54 Å². The molecule has 1 atom stereocenters. The number of nitrogens with two attached hydrogens (primary N) is 1. The fourth-order valence-corrected chi connectivity index (χ4v) is 2.12. The lowest BCUT2D eigenvalue weighted by molar-refractivity contribution is 0.1000. The third kappa shape index (κ3) is 2.71. The maximum Gasteiger partial charge on any atom is 0.123 e. The van der Waals surface area contributed by atoms with Gasteiger partial charge in [-0.05, 0) is 31.7 Å². The third-order valence-corrected chi connectivity index (χ3v) is 3.30. The summed E-state index contributed by atoms with van der Waals surface area (Å²) in [6.45, 7) is 6.64. The molecule has 4 nitrogen and oxygen atoms in total. The zero-order chi connectivity index (χ0) is 11.5. The van der Waals surface area contributed by atoms with Crippen LogP contribution in [0.1, 0.15) is 12.5 Å². The van der Waals surface area contributed by atoms with Crippen molar-refractivity contribution in [2.45, 2.75) is 19.5 Å². The Morgan fingerprint density at radius 2 is 2.31 bits per heavy atom. The second kappa shape index (κ2) is 4.80. The van der Waals surface area contributed by atoms with Gasteiger partial charge >= 0.3 is 0 Å². The molecule has 0 saturated carbocycles. The Bertz CT molecular complexity index is 353. The normalized spacial score (nSPS) is 23.5. The summed E-state index contributed by atoms with van der Waals surface area (Å²) in [5.74, 6) is 0.611. The summed E-state index contributed by atoms with van der Waals surface area (Å²) in [5.41, 5.74) is 6.93. The number of aromatic nitrogens is 1. The van der Waals surface area contributed by atoms with E-state index >= 15 is 0 Å². The lowest BCUT2D eigenvalue weighted by atomic mass is 10.1. The molecule has 1 saturated heterocycles. The van der Waals surface area contributed by atoms with Gasteiger partial charge in [0, 0.05) is 38.4 Å². The average Bonchev–Trinajstić information content (AvgIpc) is 2.24. The lowest BCUT2D eigenvalue weighted by Crippen LogP contribution is -2.49. The first kappa shape index (κ1) is 11.4. The highest BCUT2D eigenvalue weighted by molar-refractivity contribution is 5.31. The molecule has 1 aliphatic rings. The molecule has 0 aromatic carbocycles. The number of hydrogen-bond donors (Lipinski definition) is 1. The van der Waals surface area contributed by atoms with E-state index in [2.05, 4.69) is 28.8 Å². The molecule has 2 rings (SSSR count). The molecule has 0 aliphatic carbocycles. The van der Waals surface area contributed by atoms with Gasteiger partial charge in [0.25, 0.3) is 0 Å². The predicted molar refractivity (Wildman–Crippen MR) is 66.0 cm³/mol. The summed E-state index contributed by atoms with van der Waals surface area (Å²) in [4.78, 5) is 8.88. The zero-order valence-electron chi connectivity index (χ0n) is 10.1. The molecule has 1 unspecified atom stereocenters. The first-order valence-corrected chi connectivity index (χ1v) is 5.78. The largest absolute Gasteiger partial charge is 0.384 e. The molecule has 0 amide bonds. The molecule has 1 aromatic rings. The minimum atomic E-state index is 0.611. The van der Waals surface area contributed by atoms with Crippen molar-refractivity contribution in [2.75, 3.05) is 32.4 Å². The molecule has 0 radical (unpaired) electrons. The number of likely N-dealkylation sites (N-methyl/N-ethyl adjacent to an activating group) is 1. The van der Waals surface area contributed by atoms with Crippen LogP contribution in [0.15, 0.2) is 18.3 Å². The highest BCUT2D eigenvalue weighted by Crippen LogP contribution is 2.12. The highest BCUT2D eigenvalue weighted by atomic mass is 15.3.